The predicted molar refractivity (Wildman–Crippen MR) is 185 cm³/mol. The highest BCUT2D eigenvalue weighted by atomic mass is 19.4. The molecule has 0 aromatic heterocycles. The van der Waals surface area contributed by atoms with Crippen molar-refractivity contribution in [2.75, 3.05) is 0 Å². The fourth-order valence-electron chi connectivity index (χ4n) is 7.33. The van der Waals surface area contributed by atoms with E-state index in [0.29, 0.717) is 48.1 Å². The summed E-state index contributed by atoms with van der Waals surface area (Å²) >= 11 is 0. The molecule has 4 aliphatic rings. The van der Waals surface area contributed by atoms with Gasteiger partial charge in [-0.1, -0.05) is 84.0 Å². The quantitative estimate of drug-likeness (QED) is 0.235. The maximum Gasteiger partial charge on any atom is 0.416 e. The molecule has 0 amide bonds. The van der Waals surface area contributed by atoms with E-state index in [-0.39, 0.29) is 17.2 Å². The molecule has 13 nitrogen and oxygen atoms in total. The van der Waals surface area contributed by atoms with Crippen molar-refractivity contribution in [2.24, 2.45) is 23.2 Å². The van der Waals surface area contributed by atoms with Gasteiger partial charge in [-0.05, 0) is 86.1 Å². The number of carbonyl (C=O) groups is 5. The maximum absolute atomic E-state index is 12.1. The number of carboxylic acids is 5. The third kappa shape index (κ3) is 13.1. The smallest absolute Gasteiger partial charge is 0.416 e. The van der Waals surface area contributed by atoms with Crippen molar-refractivity contribution >= 4 is 29.8 Å². The molecule has 0 spiro atoms. The lowest BCUT2D eigenvalue weighted by Gasteiger charge is -2.57. The first-order chi connectivity index (χ1) is 27.8. The molecule has 0 saturated heterocycles. The molecule has 3 N–H and O–H groups in total. The lowest BCUT2D eigenvalue weighted by molar-refractivity contribution is -0.327. The van der Waals surface area contributed by atoms with Crippen molar-refractivity contribution in [2.45, 2.75) is 50.9 Å². The molecule has 0 heterocycles. The highest BCUT2D eigenvalue weighted by Crippen LogP contribution is 2.59. The van der Waals surface area contributed by atoms with Crippen LogP contribution in [-0.4, -0.2) is 45.2 Å². The van der Waals surface area contributed by atoms with Crippen molar-refractivity contribution in [3.8, 4) is 17.2 Å². The van der Waals surface area contributed by atoms with Crippen LogP contribution >= 0.6 is 0 Å². The summed E-state index contributed by atoms with van der Waals surface area (Å²) in [6.45, 7) is 0. The van der Waals surface area contributed by atoms with Crippen LogP contribution in [0.4, 0.5) is 26.3 Å². The van der Waals surface area contributed by atoms with Gasteiger partial charge in [-0.15, -0.1) is 0 Å². The van der Waals surface area contributed by atoms with E-state index in [9.17, 15) is 75.8 Å². The summed E-state index contributed by atoms with van der Waals surface area (Å²) in [7, 11) is 0. The van der Waals surface area contributed by atoms with Gasteiger partial charge in [0, 0.05) is 11.4 Å². The van der Waals surface area contributed by atoms with Gasteiger partial charge in [0.15, 0.2) is 0 Å². The molecular weight excluding hydrogens is 814 g/mol. The second-order valence-corrected chi connectivity index (χ2v) is 14.0. The van der Waals surface area contributed by atoms with Gasteiger partial charge < -0.3 is 50.4 Å². The summed E-state index contributed by atoms with van der Waals surface area (Å²) in [5, 5.41) is 78.7. The van der Waals surface area contributed by atoms with E-state index in [2.05, 4.69) is 0 Å². The molecule has 4 aromatic rings. The highest BCUT2D eigenvalue weighted by Gasteiger charge is 2.51. The Morgan fingerprint density at radius 3 is 1.28 bits per heavy atom. The van der Waals surface area contributed by atoms with Gasteiger partial charge in [-0.25, -0.2) is 14.4 Å². The molecule has 4 fully saturated rings. The predicted octanol–water partition coefficient (Wildman–Crippen LogP) is 4.42. The zero-order valence-corrected chi connectivity index (χ0v) is 30.8. The van der Waals surface area contributed by atoms with E-state index in [0.717, 1.165) is 19.3 Å². The summed E-state index contributed by atoms with van der Waals surface area (Å²) in [6, 6.07) is 16.5. The average Bonchev–Trinajstić information content (AvgIpc) is 3.15. The molecule has 0 atom stereocenters. The first kappa shape index (κ1) is 47.6. The van der Waals surface area contributed by atoms with Crippen LogP contribution in [0.3, 0.4) is 0 Å². The van der Waals surface area contributed by atoms with Gasteiger partial charge in [0.05, 0.1) is 33.8 Å². The number of aliphatic carboxylic acids is 1. The number of halogens is 6. The van der Waals surface area contributed by atoms with E-state index in [1.807, 2.05) is 0 Å². The minimum Gasteiger partial charge on any atom is -0.872 e. The van der Waals surface area contributed by atoms with Gasteiger partial charge in [0.1, 0.15) is 0 Å². The van der Waals surface area contributed by atoms with Crippen LogP contribution in [0.1, 0.15) is 91.1 Å². The molecule has 4 aliphatic carbocycles. The second kappa shape index (κ2) is 19.8. The molecule has 322 valence electrons. The standard InChI is InChI=1S/C11H16O2.2C8H5F3O3.C7H6O3.C7H6O2/c12-10(13)11-4-7-1-8(5-11)3-9(2-7)6-11;9-8(10,11)4-1-2-6(12)5(3-4)7(13)14;9-8(10,11)4-1-2-5(7(13)14)6(12)3-4;8-6-4-2-1-3-5(6)7(9)10;8-7(9)6-4-2-1-3-5-6/h7-9H,1-6H2,(H,12,13);2*1-3,12H,(H,13,14);1-4,8H,(H,9,10);1-5H,(H,8,9)/p-5. The topological polar surface area (TPSA) is 261 Å². The fourth-order valence-corrected chi connectivity index (χ4v) is 7.33. The number of alkyl halides is 6. The largest absolute Gasteiger partial charge is 0.872 e. The Balaban J connectivity index is 0.000000202. The lowest BCUT2D eigenvalue weighted by Crippen LogP contribution is -2.54. The van der Waals surface area contributed by atoms with E-state index >= 15 is 0 Å². The number of aromatic carboxylic acids is 4. The van der Waals surface area contributed by atoms with Crippen LogP contribution < -0.4 is 25.5 Å². The van der Waals surface area contributed by atoms with Crippen LogP contribution in [0.15, 0.2) is 91.0 Å². The first-order valence-electron chi connectivity index (χ1n) is 17.5. The highest BCUT2D eigenvalue weighted by molar-refractivity contribution is 5.91. The zero-order valence-electron chi connectivity index (χ0n) is 30.8. The maximum atomic E-state index is 12.1. The van der Waals surface area contributed by atoms with Crippen molar-refractivity contribution in [1.29, 1.82) is 0 Å². The normalized spacial score (nSPS) is 19.5. The molecule has 19 heteroatoms. The fraction of sp³-hybridized carbons (Fsp3) is 0.293. The Bertz CT molecular complexity index is 2130. The van der Waals surface area contributed by atoms with E-state index in [1.165, 1.54) is 55.7 Å². The Hall–Kier alpha value is -6.79. The van der Waals surface area contributed by atoms with E-state index in [4.69, 9.17) is 15.3 Å². The summed E-state index contributed by atoms with van der Waals surface area (Å²) < 4.78 is 72.2. The van der Waals surface area contributed by atoms with Crippen LogP contribution in [-0.2, 0) is 17.1 Å². The molecule has 60 heavy (non-hydrogen) atoms. The number of carbonyl (C=O) groups excluding carboxylic acids is 2. The van der Waals surface area contributed by atoms with Gasteiger partial charge in [-0.3, -0.25) is 0 Å². The van der Waals surface area contributed by atoms with Gasteiger partial charge in [0.25, 0.3) is 0 Å². The summed E-state index contributed by atoms with van der Waals surface area (Å²) in [5.74, 6) is -6.66. The minimum absolute atomic E-state index is 0.178. The molecule has 4 aromatic carbocycles. The van der Waals surface area contributed by atoms with Gasteiger partial charge >= 0.3 is 30.3 Å². The summed E-state index contributed by atoms with van der Waals surface area (Å²) in [5.41, 5.74) is -4.19. The molecule has 4 bridgehead atoms. The number of hydrogen-bond donors (Lipinski definition) is 3. The van der Waals surface area contributed by atoms with E-state index in [1.54, 1.807) is 18.2 Å². The molecular formula is C41H33F6O13-5. The third-order valence-corrected chi connectivity index (χ3v) is 9.67. The molecule has 0 radical (unpaired) electrons. The van der Waals surface area contributed by atoms with Crippen LogP contribution in [0.5, 0.6) is 17.2 Å². The molecule has 4 saturated carbocycles. The minimum atomic E-state index is -4.64. The van der Waals surface area contributed by atoms with Crippen LogP contribution in [0.25, 0.3) is 0 Å². The Labute approximate surface area is 336 Å². The number of carboxylic acid groups (broad SMARTS) is 5. The monoisotopic (exact) mass is 847 g/mol. The molecule has 8 rings (SSSR count). The molecule has 0 unspecified atom stereocenters. The number of benzene rings is 4. The number of hydrogen-bond acceptors (Lipinski definition) is 10. The number of rotatable bonds is 5. The molecule has 0 aliphatic heterocycles. The second-order valence-electron chi connectivity index (χ2n) is 14.0. The van der Waals surface area contributed by atoms with Crippen molar-refractivity contribution in [1.82, 2.24) is 0 Å². The van der Waals surface area contributed by atoms with Crippen molar-refractivity contribution < 1.29 is 91.2 Å². The zero-order chi connectivity index (χ0) is 45.2. The van der Waals surface area contributed by atoms with Crippen molar-refractivity contribution in [3.63, 3.8) is 0 Å². The number of para-hydroxylation sites is 1. The van der Waals surface area contributed by atoms with Crippen molar-refractivity contribution in [3.05, 3.63) is 124 Å². The van der Waals surface area contributed by atoms with Gasteiger partial charge in [0.2, 0.25) is 0 Å². The lowest BCUT2D eigenvalue weighted by atomic mass is 9.49. The average molecular weight is 848 g/mol. The Morgan fingerprint density at radius 1 is 0.517 bits per heavy atom. The van der Waals surface area contributed by atoms with Crippen LogP contribution in [0.2, 0.25) is 0 Å². The summed E-state index contributed by atoms with van der Waals surface area (Å²) in [4.78, 5) is 52.1. The first-order valence-corrected chi connectivity index (χ1v) is 17.5. The van der Waals surface area contributed by atoms with E-state index < -0.39 is 87.1 Å². The summed E-state index contributed by atoms with van der Waals surface area (Å²) in [6.07, 6.45) is -2.62. The van der Waals surface area contributed by atoms with Gasteiger partial charge in [-0.2, -0.15) is 26.3 Å². The van der Waals surface area contributed by atoms with Crippen LogP contribution in [0, 0.1) is 23.2 Å². The Kier molecular flexibility index (Phi) is 15.7. The third-order valence-electron chi connectivity index (χ3n) is 9.67. The SMILES string of the molecule is O=C(O)c1cc(C(F)(F)F)ccc1[O-].O=C(O)c1ccc(C(F)(F)F)cc1[O-].O=C(O)c1ccccc1[O-].O=C([O-])C12CC3CC(CC(C3)C1)C2.O=C([O-])c1ccccc1. The Morgan fingerprint density at radius 2 is 0.917 bits per heavy atom.